The maximum atomic E-state index is 13.5. The molecule has 206 valence electrons. The number of carbonyl (C=O) groups is 4. The zero-order valence-corrected chi connectivity index (χ0v) is 22.7. The molecule has 2 amide bonds. The Morgan fingerprint density at radius 3 is 1.69 bits per heavy atom. The predicted molar refractivity (Wildman–Crippen MR) is 146 cm³/mol. The second-order valence-corrected chi connectivity index (χ2v) is 8.55. The Kier molecular flexibility index (Phi) is 9.86. The molecule has 10 nitrogen and oxygen atoms in total. The molecular formula is C29H33N3O7. The summed E-state index contributed by atoms with van der Waals surface area (Å²) in [4.78, 5) is 51.8. The molecule has 1 aliphatic rings. The molecule has 0 spiro atoms. The Morgan fingerprint density at radius 1 is 0.718 bits per heavy atom. The topological polar surface area (TPSA) is 132 Å². The molecule has 39 heavy (non-hydrogen) atoms. The second kappa shape index (κ2) is 13.3. The van der Waals surface area contributed by atoms with Gasteiger partial charge in [-0.15, -0.1) is 0 Å². The molecule has 2 aromatic carbocycles. The number of esters is 2. The van der Waals surface area contributed by atoms with Crippen LogP contribution >= 0.6 is 0 Å². The van der Waals surface area contributed by atoms with Crippen molar-refractivity contribution in [3.63, 3.8) is 0 Å². The minimum Gasteiger partial charge on any atom is -0.494 e. The van der Waals surface area contributed by atoms with Crippen LogP contribution in [0.15, 0.2) is 71.1 Å². The standard InChI is InChI=1S/C29H33N3O7/c1-6-37-22-15-13-21(14-16-22)31-26(33)19-9-11-20(12-10-19)32-27(34)25-23(28(35)38-7-2)17(4)30-18(5)24(25)29(36)39-8-3/h9-16,25,30H,6-8H2,1-5H3,(H,31,33)(H,32,34). The smallest absolute Gasteiger partial charge is 0.336 e. The highest BCUT2D eigenvalue weighted by atomic mass is 16.5. The molecule has 0 fully saturated rings. The van der Waals surface area contributed by atoms with E-state index < -0.39 is 23.8 Å². The van der Waals surface area contributed by atoms with Crippen molar-refractivity contribution in [1.82, 2.24) is 5.32 Å². The molecule has 0 atom stereocenters. The summed E-state index contributed by atoms with van der Waals surface area (Å²) < 4.78 is 15.8. The highest BCUT2D eigenvalue weighted by Crippen LogP contribution is 2.32. The number of anilines is 2. The van der Waals surface area contributed by atoms with Crippen LogP contribution in [0.5, 0.6) is 5.75 Å². The van der Waals surface area contributed by atoms with Crippen molar-refractivity contribution in [2.45, 2.75) is 34.6 Å². The van der Waals surface area contributed by atoms with Gasteiger partial charge >= 0.3 is 11.9 Å². The highest BCUT2D eigenvalue weighted by molar-refractivity contribution is 6.10. The Morgan fingerprint density at radius 2 is 1.21 bits per heavy atom. The maximum absolute atomic E-state index is 13.5. The van der Waals surface area contributed by atoms with Crippen LogP contribution in [0.25, 0.3) is 0 Å². The molecule has 0 bridgehead atoms. The van der Waals surface area contributed by atoms with Crippen molar-refractivity contribution in [1.29, 1.82) is 0 Å². The first-order valence-corrected chi connectivity index (χ1v) is 12.7. The molecule has 0 aliphatic carbocycles. The number of dihydropyridines is 1. The Bertz CT molecular complexity index is 1260. The van der Waals surface area contributed by atoms with Gasteiger partial charge in [-0.3, -0.25) is 9.59 Å². The third kappa shape index (κ3) is 7.04. The van der Waals surface area contributed by atoms with Crippen molar-refractivity contribution in [2.24, 2.45) is 5.92 Å². The number of amides is 2. The third-order valence-corrected chi connectivity index (χ3v) is 5.85. The van der Waals surface area contributed by atoms with Gasteiger partial charge in [-0.25, -0.2) is 9.59 Å². The SMILES string of the molecule is CCOC(=O)C1=C(C)NC(C)=C(C(=O)OCC)C1C(=O)Nc1ccc(C(=O)Nc2ccc(OCC)cc2)cc1. The molecule has 10 heteroatoms. The highest BCUT2D eigenvalue weighted by Gasteiger charge is 2.41. The number of hydrogen-bond acceptors (Lipinski definition) is 8. The quantitative estimate of drug-likeness (QED) is 0.386. The number of allylic oxidation sites excluding steroid dienone is 2. The maximum Gasteiger partial charge on any atom is 0.336 e. The summed E-state index contributed by atoms with van der Waals surface area (Å²) >= 11 is 0. The van der Waals surface area contributed by atoms with E-state index in [1.54, 1.807) is 76.2 Å². The fourth-order valence-corrected chi connectivity index (χ4v) is 4.14. The average molecular weight is 536 g/mol. The molecule has 1 aliphatic heterocycles. The molecule has 0 aromatic heterocycles. The molecule has 3 N–H and O–H groups in total. The van der Waals surface area contributed by atoms with Crippen LogP contribution in [0.3, 0.4) is 0 Å². The normalized spacial score (nSPS) is 13.4. The minimum absolute atomic E-state index is 0.0226. The monoisotopic (exact) mass is 535 g/mol. The molecular weight excluding hydrogens is 502 g/mol. The number of hydrogen-bond donors (Lipinski definition) is 3. The number of nitrogens with one attached hydrogen (secondary N) is 3. The number of ether oxygens (including phenoxy) is 3. The van der Waals surface area contributed by atoms with E-state index in [1.807, 2.05) is 6.92 Å². The second-order valence-electron chi connectivity index (χ2n) is 8.55. The predicted octanol–water partition coefficient (Wildman–Crippen LogP) is 4.17. The molecule has 0 saturated carbocycles. The summed E-state index contributed by atoms with van der Waals surface area (Å²) in [7, 11) is 0. The van der Waals surface area contributed by atoms with Gasteiger partial charge in [0.1, 0.15) is 11.7 Å². The summed E-state index contributed by atoms with van der Waals surface area (Å²) in [5, 5.41) is 8.53. The zero-order valence-electron chi connectivity index (χ0n) is 22.7. The first kappa shape index (κ1) is 29.0. The summed E-state index contributed by atoms with van der Waals surface area (Å²) in [5.74, 6) is -2.92. The number of rotatable bonds is 10. The Balaban J connectivity index is 1.80. The summed E-state index contributed by atoms with van der Waals surface area (Å²) in [6.45, 7) is 9.21. The Hall–Kier alpha value is -4.60. The largest absolute Gasteiger partial charge is 0.494 e. The van der Waals surface area contributed by atoms with Crippen LogP contribution in [0.4, 0.5) is 11.4 Å². The molecule has 0 radical (unpaired) electrons. The van der Waals surface area contributed by atoms with Gasteiger partial charge in [0.05, 0.1) is 31.0 Å². The lowest BCUT2D eigenvalue weighted by molar-refractivity contribution is -0.142. The molecule has 1 heterocycles. The van der Waals surface area contributed by atoms with Crippen molar-refractivity contribution < 1.29 is 33.4 Å². The van der Waals surface area contributed by atoms with Crippen molar-refractivity contribution in [2.75, 3.05) is 30.5 Å². The van der Waals surface area contributed by atoms with Crippen LogP contribution in [0, 0.1) is 5.92 Å². The van der Waals surface area contributed by atoms with Crippen LogP contribution in [0.2, 0.25) is 0 Å². The van der Waals surface area contributed by atoms with Gasteiger partial charge in [-0.1, -0.05) is 0 Å². The van der Waals surface area contributed by atoms with E-state index in [4.69, 9.17) is 14.2 Å². The third-order valence-electron chi connectivity index (χ3n) is 5.85. The fraction of sp³-hybridized carbons (Fsp3) is 0.310. The van der Waals surface area contributed by atoms with Gasteiger partial charge in [-0.05, 0) is 83.1 Å². The summed E-state index contributed by atoms with van der Waals surface area (Å²) in [6.07, 6.45) is 0. The molecule has 3 rings (SSSR count). The van der Waals surface area contributed by atoms with E-state index in [1.165, 1.54) is 0 Å². The lowest BCUT2D eigenvalue weighted by atomic mass is 9.84. The number of carbonyl (C=O) groups excluding carboxylic acids is 4. The van der Waals surface area contributed by atoms with Gasteiger partial charge in [-0.2, -0.15) is 0 Å². The van der Waals surface area contributed by atoms with E-state index in [-0.39, 0.29) is 30.3 Å². The minimum atomic E-state index is -1.26. The van der Waals surface area contributed by atoms with E-state index in [0.717, 1.165) is 0 Å². The zero-order chi connectivity index (χ0) is 28.5. The van der Waals surface area contributed by atoms with Crippen LogP contribution in [-0.4, -0.2) is 43.6 Å². The average Bonchev–Trinajstić information content (AvgIpc) is 2.90. The lowest BCUT2D eigenvalue weighted by Crippen LogP contribution is -2.39. The van der Waals surface area contributed by atoms with Gasteiger partial charge in [0.2, 0.25) is 5.91 Å². The van der Waals surface area contributed by atoms with Crippen molar-refractivity contribution in [3.8, 4) is 5.75 Å². The first-order chi connectivity index (χ1) is 18.7. The molecule has 0 unspecified atom stereocenters. The van der Waals surface area contributed by atoms with Crippen molar-refractivity contribution >= 4 is 35.1 Å². The fourth-order valence-electron chi connectivity index (χ4n) is 4.14. The van der Waals surface area contributed by atoms with Crippen LogP contribution in [-0.2, 0) is 23.9 Å². The van der Waals surface area contributed by atoms with E-state index >= 15 is 0 Å². The van der Waals surface area contributed by atoms with Gasteiger partial charge in [0, 0.05) is 28.3 Å². The van der Waals surface area contributed by atoms with Crippen LogP contribution < -0.4 is 20.7 Å². The van der Waals surface area contributed by atoms with Gasteiger partial charge < -0.3 is 30.2 Å². The summed E-state index contributed by atoms with van der Waals surface area (Å²) in [6, 6.07) is 13.2. The van der Waals surface area contributed by atoms with Crippen molar-refractivity contribution in [3.05, 3.63) is 76.6 Å². The van der Waals surface area contributed by atoms with E-state index in [0.29, 0.717) is 40.7 Å². The number of benzene rings is 2. The Labute approximate surface area is 227 Å². The molecule has 2 aromatic rings. The first-order valence-electron chi connectivity index (χ1n) is 12.7. The lowest BCUT2D eigenvalue weighted by Gasteiger charge is -2.29. The summed E-state index contributed by atoms with van der Waals surface area (Å²) in [5.41, 5.74) is 2.20. The van der Waals surface area contributed by atoms with Gasteiger partial charge in [0.25, 0.3) is 5.91 Å². The molecule has 0 saturated heterocycles. The van der Waals surface area contributed by atoms with E-state index in [2.05, 4.69) is 16.0 Å². The van der Waals surface area contributed by atoms with Crippen LogP contribution in [0.1, 0.15) is 45.0 Å². The van der Waals surface area contributed by atoms with Gasteiger partial charge in [0.15, 0.2) is 0 Å². The van der Waals surface area contributed by atoms with E-state index in [9.17, 15) is 19.2 Å².